The van der Waals surface area contributed by atoms with Crippen LogP contribution < -0.4 is 10.2 Å². The highest BCUT2D eigenvalue weighted by Gasteiger charge is 2.08. The lowest BCUT2D eigenvalue weighted by atomic mass is 10.1. The second kappa shape index (κ2) is 8.73. The molecule has 0 aliphatic rings. The van der Waals surface area contributed by atoms with Gasteiger partial charge in [-0.1, -0.05) is 42.0 Å². The summed E-state index contributed by atoms with van der Waals surface area (Å²) in [6, 6.07) is 19.0. The highest BCUT2D eigenvalue weighted by Crippen LogP contribution is 2.20. The lowest BCUT2D eigenvalue weighted by Gasteiger charge is -2.09. The summed E-state index contributed by atoms with van der Waals surface area (Å²) in [5, 5.41) is 22.9. The fourth-order valence-corrected chi connectivity index (χ4v) is 2.63. The standard InChI is InChI=1S/C22H20N2O4/c1-15-5-4-6-16(9-15)14-28-21-8-3-2-7-17(21)13-23-24-22(27)18-10-19(25)12-20(26)11-18/h2-13,25-26H,14H2,1H3,(H,24,27)/b23-13+. The van der Waals surface area contributed by atoms with Crippen LogP contribution in [0.2, 0.25) is 0 Å². The van der Waals surface area contributed by atoms with E-state index in [4.69, 9.17) is 4.74 Å². The van der Waals surface area contributed by atoms with E-state index in [9.17, 15) is 15.0 Å². The van der Waals surface area contributed by atoms with E-state index in [1.165, 1.54) is 18.3 Å². The molecule has 0 aliphatic carbocycles. The summed E-state index contributed by atoms with van der Waals surface area (Å²) in [6.45, 7) is 2.44. The number of aryl methyl sites for hydroxylation is 1. The molecule has 0 aromatic heterocycles. The number of phenolic OH excluding ortho intramolecular Hbond substituents is 2. The first kappa shape index (κ1) is 19.0. The number of benzene rings is 3. The maximum Gasteiger partial charge on any atom is 0.271 e. The van der Waals surface area contributed by atoms with E-state index in [1.54, 1.807) is 0 Å². The summed E-state index contributed by atoms with van der Waals surface area (Å²) in [6.07, 6.45) is 1.48. The Labute approximate surface area is 162 Å². The van der Waals surface area contributed by atoms with Gasteiger partial charge in [0.05, 0.1) is 6.21 Å². The van der Waals surface area contributed by atoms with Gasteiger partial charge in [-0.05, 0) is 36.8 Å². The van der Waals surface area contributed by atoms with Crippen LogP contribution in [0.1, 0.15) is 27.0 Å². The zero-order valence-electron chi connectivity index (χ0n) is 15.3. The van der Waals surface area contributed by atoms with E-state index in [2.05, 4.69) is 16.6 Å². The molecule has 0 heterocycles. The van der Waals surface area contributed by atoms with E-state index < -0.39 is 5.91 Å². The lowest BCUT2D eigenvalue weighted by Crippen LogP contribution is -2.17. The molecule has 0 spiro atoms. The van der Waals surface area contributed by atoms with Gasteiger partial charge < -0.3 is 14.9 Å². The van der Waals surface area contributed by atoms with Gasteiger partial charge in [0.1, 0.15) is 23.9 Å². The molecule has 0 radical (unpaired) electrons. The Balaban J connectivity index is 1.66. The van der Waals surface area contributed by atoms with Crippen molar-refractivity contribution in [2.75, 3.05) is 0 Å². The normalized spacial score (nSPS) is 10.8. The average Bonchev–Trinajstić information content (AvgIpc) is 2.66. The molecule has 3 aromatic carbocycles. The molecular weight excluding hydrogens is 356 g/mol. The number of nitrogens with one attached hydrogen (secondary N) is 1. The number of ether oxygens (including phenoxy) is 1. The molecular formula is C22H20N2O4. The summed E-state index contributed by atoms with van der Waals surface area (Å²) in [4.78, 5) is 12.1. The predicted octanol–water partition coefficient (Wildman–Crippen LogP) is 3.75. The molecule has 3 N–H and O–H groups in total. The molecule has 0 atom stereocenters. The number of amides is 1. The molecule has 142 valence electrons. The maximum atomic E-state index is 12.1. The van der Waals surface area contributed by atoms with Crippen molar-refractivity contribution in [3.05, 3.63) is 89.0 Å². The Morgan fingerprint density at radius 1 is 1.04 bits per heavy atom. The summed E-state index contributed by atoms with van der Waals surface area (Å²) in [7, 11) is 0. The molecule has 0 unspecified atom stereocenters. The van der Waals surface area contributed by atoms with Crippen molar-refractivity contribution in [3.8, 4) is 17.2 Å². The molecule has 6 nitrogen and oxygen atoms in total. The minimum Gasteiger partial charge on any atom is -0.508 e. The van der Waals surface area contributed by atoms with Crippen molar-refractivity contribution in [2.45, 2.75) is 13.5 Å². The highest BCUT2D eigenvalue weighted by atomic mass is 16.5. The minimum atomic E-state index is -0.555. The molecule has 3 aromatic rings. The Hall–Kier alpha value is -3.80. The third-order valence-corrected chi connectivity index (χ3v) is 3.93. The van der Waals surface area contributed by atoms with E-state index in [-0.39, 0.29) is 17.1 Å². The van der Waals surface area contributed by atoms with Crippen LogP contribution in [0.3, 0.4) is 0 Å². The zero-order valence-corrected chi connectivity index (χ0v) is 15.3. The molecule has 6 heteroatoms. The average molecular weight is 376 g/mol. The fourth-order valence-electron chi connectivity index (χ4n) is 2.63. The second-order valence-electron chi connectivity index (χ2n) is 6.25. The van der Waals surface area contributed by atoms with Crippen LogP contribution in [0.15, 0.2) is 71.8 Å². The largest absolute Gasteiger partial charge is 0.508 e. The number of carbonyl (C=O) groups excluding carboxylic acids is 1. The van der Waals surface area contributed by atoms with Crippen molar-refractivity contribution in [2.24, 2.45) is 5.10 Å². The van der Waals surface area contributed by atoms with Crippen molar-refractivity contribution in [1.82, 2.24) is 5.43 Å². The lowest BCUT2D eigenvalue weighted by molar-refractivity contribution is 0.0954. The van der Waals surface area contributed by atoms with Crippen molar-refractivity contribution in [3.63, 3.8) is 0 Å². The second-order valence-corrected chi connectivity index (χ2v) is 6.25. The third kappa shape index (κ3) is 5.11. The quantitative estimate of drug-likeness (QED) is 0.451. The summed E-state index contributed by atoms with van der Waals surface area (Å²) >= 11 is 0. The number of hydrogen-bond donors (Lipinski definition) is 3. The fraction of sp³-hybridized carbons (Fsp3) is 0.0909. The summed E-state index contributed by atoms with van der Waals surface area (Å²) in [5.74, 6) is -0.328. The van der Waals surface area contributed by atoms with Gasteiger partial charge in [0.25, 0.3) is 5.91 Å². The summed E-state index contributed by atoms with van der Waals surface area (Å²) in [5.41, 5.74) is 5.38. The minimum absolute atomic E-state index is 0.0960. The Morgan fingerprint density at radius 2 is 1.79 bits per heavy atom. The smallest absolute Gasteiger partial charge is 0.271 e. The van der Waals surface area contributed by atoms with Crippen molar-refractivity contribution < 1.29 is 19.7 Å². The van der Waals surface area contributed by atoms with E-state index in [1.807, 2.05) is 49.4 Å². The van der Waals surface area contributed by atoms with Crippen molar-refractivity contribution in [1.29, 1.82) is 0 Å². The van der Waals surface area contributed by atoms with Gasteiger partial charge in [-0.3, -0.25) is 4.79 Å². The van der Waals surface area contributed by atoms with Crippen LogP contribution >= 0.6 is 0 Å². The highest BCUT2D eigenvalue weighted by molar-refractivity contribution is 5.95. The molecule has 0 bridgehead atoms. The SMILES string of the molecule is Cc1cccc(COc2ccccc2/C=N/NC(=O)c2cc(O)cc(O)c2)c1. The van der Waals surface area contributed by atoms with E-state index >= 15 is 0 Å². The summed E-state index contributed by atoms with van der Waals surface area (Å²) < 4.78 is 5.88. The molecule has 0 fully saturated rings. The van der Waals surface area contributed by atoms with E-state index in [0.29, 0.717) is 17.9 Å². The first-order valence-electron chi connectivity index (χ1n) is 8.65. The van der Waals surface area contributed by atoms with Crippen LogP contribution in [0.25, 0.3) is 0 Å². The van der Waals surface area contributed by atoms with Gasteiger partial charge in [0.15, 0.2) is 0 Å². The third-order valence-electron chi connectivity index (χ3n) is 3.93. The van der Waals surface area contributed by atoms with Gasteiger partial charge in [0, 0.05) is 17.2 Å². The van der Waals surface area contributed by atoms with Gasteiger partial charge >= 0.3 is 0 Å². The Kier molecular flexibility index (Phi) is 5.91. The number of carbonyl (C=O) groups is 1. The van der Waals surface area contributed by atoms with Crippen LogP contribution in [0, 0.1) is 6.92 Å². The number of rotatable bonds is 6. The number of para-hydroxylation sites is 1. The van der Waals surface area contributed by atoms with Gasteiger partial charge in [0.2, 0.25) is 0 Å². The molecule has 0 aliphatic heterocycles. The van der Waals surface area contributed by atoms with Crippen LogP contribution in [0.4, 0.5) is 0 Å². The van der Waals surface area contributed by atoms with Gasteiger partial charge in [-0.15, -0.1) is 0 Å². The van der Waals surface area contributed by atoms with Crippen LogP contribution in [0.5, 0.6) is 17.2 Å². The molecule has 28 heavy (non-hydrogen) atoms. The molecule has 3 rings (SSSR count). The van der Waals surface area contributed by atoms with E-state index in [0.717, 1.165) is 17.2 Å². The zero-order chi connectivity index (χ0) is 19.9. The molecule has 0 saturated carbocycles. The van der Waals surface area contributed by atoms with Crippen LogP contribution in [-0.2, 0) is 6.61 Å². The topological polar surface area (TPSA) is 91.2 Å². The maximum absolute atomic E-state index is 12.1. The number of phenols is 2. The first-order valence-corrected chi connectivity index (χ1v) is 8.65. The number of nitrogens with zero attached hydrogens (tertiary/aromatic N) is 1. The monoisotopic (exact) mass is 376 g/mol. The first-order chi connectivity index (χ1) is 13.5. The number of hydrogen-bond acceptors (Lipinski definition) is 5. The van der Waals surface area contributed by atoms with Crippen molar-refractivity contribution >= 4 is 12.1 Å². The Bertz CT molecular complexity index is 995. The number of aromatic hydroxyl groups is 2. The van der Waals surface area contributed by atoms with Gasteiger partial charge in [-0.2, -0.15) is 5.10 Å². The molecule has 0 saturated heterocycles. The number of hydrazone groups is 1. The Morgan fingerprint density at radius 3 is 2.54 bits per heavy atom. The molecule has 1 amide bonds. The van der Waals surface area contributed by atoms with Gasteiger partial charge in [-0.25, -0.2) is 5.43 Å². The van der Waals surface area contributed by atoms with Crippen LogP contribution in [-0.4, -0.2) is 22.3 Å². The predicted molar refractivity (Wildman–Crippen MR) is 107 cm³/mol.